The number of nitrogens with zero attached hydrogens (tertiary/aromatic N) is 1. The number of ether oxygens (including phenoxy) is 1. The van der Waals surface area contributed by atoms with Crippen LogP contribution < -0.4 is 5.32 Å². The van der Waals surface area contributed by atoms with E-state index >= 15 is 0 Å². The van der Waals surface area contributed by atoms with Crippen LogP contribution in [0, 0.1) is 11.3 Å². The highest BCUT2D eigenvalue weighted by Crippen LogP contribution is 2.10. The van der Waals surface area contributed by atoms with Crippen LogP contribution in [0.1, 0.15) is 52.9 Å². The van der Waals surface area contributed by atoms with Crippen molar-refractivity contribution in [2.24, 2.45) is 0 Å². The number of hydrogen-bond acceptors (Lipinski definition) is 5. The lowest BCUT2D eigenvalue weighted by Crippen LogP contribution is -2.27. The maximum atomic E-state index is 11.4. The number of nitrogens with one attached hydrogen (secondary N) is 1. The quantitative estimate of drug-likeness (QED) is 0.493. The standard InChI is InChI=1S/C14H26N2O3/c1-14(2,3)19-13(18)7-5-4-6-10-16-11-12(17)8-9-15/h12,16-17H,4-8,10-11H2,1-3H3. The molecule has 1 unspecified atom stereocenters. The first-order chi connectivity index (χ1) is 8.85. The number of hydrogen-bond donors (Lipinski definition) is 2. The molecule has 0 radical (unpaired) electrons. The summed E-state index contributed by atoms with van der Waals surface area (Å²) < 4.78 is 5.21. The molecule has 5 heteroatoms. The van der Waals surface area contributed by atoms with E-state index in [4.69, 9.17) is 10.00 Å². The van der Waals surface area contributed by atoms with Gasteiger partial charge in [-0.05, 0) is 40.2 Å². The van der Waals surface area contributed by atoms with E-state index in [1.165, 1.54) is 0 Å². The van der Waals surface area contributed by atoms with Gasteiger partial charge in [-0.25, -0.2) is 0 Å². The lowest BCUT2D eigenvalue weighted by atomic mass is 10.1. The van der Waals surface area contributed by atoms with Crippen molar-refractivity contribution in [3.05, 3.63) is 0 Å². The van der Waals surface area contributed by atoms with E-state index in [2.05, 4.69) is 5.32 Å². The molecule has 5 nitrogen and oxygen atoms in total. The Hall–Kier alpha value is -1.12. The maximum Gasteiger partial charge on any atom is 0.306 e. The van der Waals surface area contributed by atoms with Crippen LogP contribution in [0.3, 0.4) is 0 Å². The number of nitriles is 1. The first-order valence-electron chi connectivity index (χ1n) is 6.82. The lowest BCUT2D eigenvalue weighted by molar-refractivity contribution is -0.154. The van der Waals surface area contributed by atoms with Gasteiger partial charge in [-0.2, -0.15) is 5.26 Å². The SMILES string of the molecule is CC(C)(C)OC(=O)CCCCCNCC(O)CC#N. The van der Waals surface area contributed by atoms with Crippen molar-refractivity contribution in [1.29, 1.82) is 5.26 Å². The summed E-state index contributed by atoms with van der Waals surface area (Å²) in [5.41, 5.74) is -0.407. The van der Waals surface area contributed by atoms with Crippen LogP contribution in [-0.2, 0) is 9.53 Å². The van der Waals surface area contributed by atoms with Crippen LogP contribution in [0.15, 0.2) is 0 Å². The van der Waals surface area contributed by atoms with Crippen LogP contribution in [0.25, 0.3) is 0 Å². The first-order valence-corrected chi connectivity index (χ1v) is 6.82. The second-order valence-corrected chi connectivity index (χ2v) is 5.62. The molecule has 0 saturated heterocycles. The highest BCUT2D eigenvalue weighted by atomic mass is 16.6. The van der Waals surface area contributed by atoms with Crippen LogP contribution >= 0.6 is 0 Å². The van der Waals surface area contributed by atoms with Crippen molar-refractivity contribution in [2.75, 3.05) is 13.1 Å². The molecule has 0 aliphatic rings. The third-order valence-electron chi connectivity index (χ3n) is 2.36. The Morgan fingerprint density at radius 3 is 2.63 bits per heavy atom. The molecule has 0 amide bonds. The summed E-state index contributed by atoms with van der Waals surface area (Å²) in [5.74, 6) is -0.148. The molecule has 0 saturated carbocycles. The monoisotopic (exact) mass is 270 g/mol. The van der Waals surface area contributed by atoms with Gasteiger partial charge < -0.3 is 15.2 Å². The number of rotatable bonds is 9. The topological polar surface area (TPSA) is 82.3 Å². The highest BCUT2D eigenvalue weighted by Gasteiger charge is 2.15. The Bertz CT molecular complexity index is 292. The average Bonchev–Trinajstić information content (AvgIpc) is 2.25. The van der Waals surface area contributed by atoms with Crippen molar-refractivity contribution in [1.82, 2.24) is 5.32 Å². The fraction of sp³-hybridized carbons (Fsp3) is 0.857. The van der Waals surface area contributed by atoms with Crippen LogP contribution in [0.2, 0.25) is 0 Å². The number of esters is 1. The van der Waals surface area contributed by atoms with Crippen molar-refractivity contribution in [3.63, 3.8) is 0 Å². The molecule has 19 heavy (non-hydrogen) atoms. The third kappa shape index (κ3) is 13.1. The maximum absolute atomic E-state index is 11.4. The van der Waals surface area contributed by atoms with Gasteiger partial charge in [-0.3, -0.25) is 4.79 Å². The third-order valence-corrected chi connectivity index (χ3v) is 2.36. The van der Waals surface area contributed by atoms with Gasteiger partial charge in [-0.1, -0.05) is 6.42 Å². The lowest BCUT2D eigenvalue weighted by Gasteiger charge is -2.19. The zero-order chi connectivity index (χ0) is 14.7. The van der Waals surface area contributed by atoms with E-state index in [-0.39, 0.29) is 12.4 Å². The molecule has 0 aromatic heterocycles. The van der Waals surface area contributed by atoms with Gasteiger partial charge in [0.05, 0.1) is 18.6 Å². The number of carbonyl (C=O) groups excluding carboxylic acids is 1. The Kier molecular flexibility index (Phi) is 9.19. The Labute approximate surface area is 115 Å². The smallest absolute Gasteiger partial charge is 0.306 e. The largest absolute Gasteiger partial charge is 0.460 e. The summed E-state index contributed by atoms with van der Waals surface area (Å²) in [6.07, 6.45) is 2.73. The van der Waals surface area contributed by atoms with E-state index in [9.17, 15) is 9.90 Å². The van der Waals surface area contributed by atoms with Gasteiger partial charge in [0.25, 0.3) is 0 Å². The molecule has 0 aromatic carbocycles. The summed E-state index contributed by atoms with van der Waals surface area (Å²) >= 11 is 0. The highest BCUT2D eigenvalue weighted by molar-refractivity contribution is 5.69. The van der Waals surface area contributed by atoms with Gasteiger partial charge in [0.2, 0.25) is 0 Å². The van der Waals surface area contributed by atoms with Gasteiger partial charge in [0, 0.05) is 13.0 Å². The number of aliphatic hydroxyl groups excluding tert-OH is 1. The minimum Gasteiger partial charge on any atom is -0.460 e. The van der Waals surface area contributed by atoms with Crippen molar-refractivity contribution >= 4 is 5.97 Å². The van der Waals surface area contributed by atoms with Crippen molar-refractivity contribution in [2.45, 2.75) is 64.6 Å². The molecule has 0 bridgehead atoms. The summed E-state index contributed by atoms with van der Waals surface area (Å²) in [5, 5.41) is 20.7. The molecular formula is C14H26N2O3. The Balaban J connectivity index is 3.37. The molecule has 0 aromatic rings. The Morgan fingerprint density at radius 1 is 1.37 bits per heavy atom. The average molecular weight is 270 g/mol. The van der Waals surface area contributed by atoms with E-state index in [0.717, 1.165) is 25.8 Å². The van der Waals surface area contributed by atoms with E-state index in [1.807, 2.05) is 26.8 Å². The van der Waals surface area contributed by atoms with E-state index in [0.29, 0.717) is 13.0 Å². The van der Waals surface area contributed by atoms with Crippen molar-refractivity contribution in [3.8, 4) is 6.07 Å². The minimum atomic E-state index is -0.591. The van der Waals surface area contributed by atoms with Gasteiger partial charge in [0.1, 0.15) is 5.60 Å². The van der Waals surface area contributed by atoms with E-state index < -0.39 is 11.7 Å². The number of unbranched alkanes of at least 4 members (excludes halogenated alkanes) is 2. The van der Waals surface area contributed by atoms with Gasteiger partial charge in [0.15, 0.2) is 0 Å². The molecular weight excluding hydrogens is 244 g/mol. The zero-order valence-corrected chi connectivity index (χ0v) is 12.2. The predicted octanol–water partition coefficient (Wildman–Crippen LogP) is 1.75. The molecule has 0 aliphatic carbocycles. The molecule has 0 rings (SSSR count). The molecule has 0 fully saturated rings. The normalized spacial score (nSPS) is 12.8. The molecule has 1 atom stereocenters. The van der Waals surface area contributed by atoms with E-state index in [1.54, 1.807) is 0 Å². The predicted molar refractivity (Wildman–Crippen MR) is 73.4 cm³/mol. The zero-order valence-electron chi connectivity index (χ0n) is 12.2. The molecule has 0 spiro atoms. The van der Waals surface area contributed by atoms with Crippen molar-refractivity contribution < 1.29 is 14.6 Å². The fourth-order valence-corrected chi connectivity index (χ4v) is 1.53. The minimum absolute atomic E-state index is 0.148. The summed E-state index contributed by atoms with van der Waals surface area (Å²) in [7, 11) is 0. The second kappa shape index (κ2) is 9.76. The van der Waals surface area contributed by atoms with Gasteiger partial charge in [-0.15, -0.1) is 0 Å². The second-order valence-electron chi connectivity index (χ2n) is 5.62. The summed E-state index contributed by atoms with van der Waals surface area (Å²) in [4.78, 5) is 11.4. The number of carbonyl (C=O) groups is 1. The molecule has 110 valence electrons. The first kappa shape index (κ1) is 17.9. The molecule has 0 heterocycles. The molecule has 0 aliphatic heterocycles. The van der Waals surface area contributed by atoms with Gasteiger partial charge >= 0.3 is 5.97 Å². The molecule has 2 N–H and O–H groups in total. The van der Waals surface area contributed by atoms with Crippen LogP contribution in [0.4, 0.5) is 0 Å². The summed E-state index contributed by atoms with van der Waals surface area (Å²) in [6, 6.07) is 1.92. The summed E-state index contributed by atoms with van der Waals surface area (Å²) in [6.45, 7) is 6.82. The fourth-order valence-electron chi connectivity index (χ4n) is 1.53. The van der Waals surface area contributed by atoms with Crippen LogP contribution in [0.5, 0.6) is 0 Å². The number of aliphatic hydroxyl groups is 1. The van der Waals surface area contributed by atoms with Crippen LogP contribution in [-0.4, -0.2) is 35.9 Å². The Morgan fingerprint density at radius 2 is 2.05 bits per heavy atom.